The molecule has 0 aromatic heterocycles. The number of carbonyl (C=O) groups excluding carboxylic acids is 3. The lowest BCUT2D eigenvalue weighted by Crippen LogP contribution is -2.33. The van der Waals surface area contributed by atoms with E-state index in [4.69, 9.17) is 4.74 Å². The van der Waals surface area contributed by atoms with Crippen molar-refractivity contribution >= 4 is 29.2 Å². The number of amides is 2. The summed E-state index contributed by atoms with van der Waals surface area (Å²) >= 11 is 0. The summed E-state index contributed by atoms with van der Waals surface area (Å²) in [4.78, 5) is 38.7. The second kappa shape index (κ2) is 8.25. The normalized spacial score (nSPS) is 17.3. The zero-order chi connectivity index (χ0) is 20.3. The van der Waals surface area contributed by atoms with Crippen LogP contribution in [0.1, 0.15) is 24.5 Å². The lowest BCUT2D eigenvalue weighted by Gasteiger charge is -2.18. The van der Waals surface area contributed by atoms with Crippen LogP contribution in [0.5, 0.6) is 0 Å². The van der Waals surface area contributed by atoms with Crippen LogP contribution < -0.4 is 10.2 Å². The van der Waals surface area contributed by atoms with E-state index in [0.717, 1.165) is 16.8 Å². The summed E-state index contributed by atoms with van der Waals surface area (Å²) in [6.07, 6.45) is -0.866. The van der Waals surface area contributed by atoms with Gasteiger partial charge in [0.1, 0.15) is 0 Å². The van der Waals surface area contributed by atoms with Gasteiger partial charge in [-0.2, -0.15) is 0 Å². The number of benzene rings is 2. The molecule has 0 saturated carbocycles. The van der Waals surface area contributed by atoms with Crippen molar-refractivity contribution in [2.45, 2.75) is 33.3 Å². The summed E-state index contributed by atoms with van der Waals surface area (Å²) in [5, 5.41) is 2.76. The van der Waals surface area contributed by atoms with E-state index in [2.05, 4.69) is 5.32 Å². The Morgan fingerprint density at radius 1 is 1.11 bits per heavy atom. The molecule has 2 amide bonds. The van der Waals surface area contributed by atoms with Crippen LogP contribution >= 0.6 is 0 Å². The molecule has 146 valence electrons. The van der Waals surface area contributed by atoms with Gasteiger partial charge in [0.15, 0.2) is 6.10 Å². The van der Waals surface area contributed by atoms with E-state index < -0.39 is 23.9 Å². The molecular formula is C22H24N2O4. The Hall–Kier alpha value is -3.15. The Kier molecular flexibility index (Phi) is 5.78. The van der Waals surface area contributed by atoms with Gasteiger partial charge in [-0.3, -0.25) is 14.4 Å². The van der Waals surface area contributed by atoms with Gasteiger partial charge in [-0.1, -0.05) is 35.9 Å². The first kappa shape index (κ1) is 19.6. The smallest absolute Gasteiger partial charge is 0.312 e. The summed E-state index contributed by atoms with van der Waals surface area (Å²) in [5.41, 5.74) is 3.46. The Labute approximate surface area is 164 Å². The summed E-state index contributed by atoms with van der Waals surface area (Å²) < 4.78 is 5.33. The fourth-order valence-electron chi connectivity index (χ4n) is 3.11. The van der Waals surface area contributed by atoms with Gasteiger partial charge < -0.3 is 15.0 Å². The van der Waals surface area contributed by atoms with Gasteiger partial charge >= 0.3 is 5.97 Å². The van der Waals surface area contributed by atoms with Gasteiger partial charge in [-0.05, 0) is 44.5 Å². The van der Waals surface area contributed by atoms with Crippen molar-refractivity contribution < 1.29 is 19.1 Å². The van der Waals surface area contributed by atoms with Gasteiger partial charge in [0.25, 0.3) is 5.91 Å². The molecule has 2 atom stereocenters. The van der Waals surface area contributed by atoms with Crippen LogP contribution in [-0.2, 0) is 19.1 Å². The molecule has 1 aliphatic rings. The number of nitrogens with one attached hydrogen (secondary N) is 1. The molecule has 0 spiro atoms. The van der Waals surface area contributed by atoms with E-state index >= 15 is 0 Å². The summed E-state index contributed by atoms with van der Waals surface area (Å²) in [6.45, 7) is 5.64. The lowest BCUT2D eigenvalue weighted by atomic mass is 10.1. The van der Waals surface area contributed by atoms with E-state index in [9.17, 15) is 14.4 Å². The number of anilines is 2. The van der Waals surface area contributed by atoms with E-state index in [-0.39, 0.29) is 18.9 Å². The fourth-order valence-corrected chi connectivity index (χ4v) is 3.11. The SMILES string of the molecule is Cc1ccc(N2CC(C(=O)OC(C)C(=O)Nc3ccccc3C)CC2=O)cc1. The van der Waals surface area contributed by atoms with Crippen molar-refractivity contribution in [3.63, 3.8) is 0 Å². The van der Waals surface area contributed by atoms with E-state index in [1.165, 1.54) is 6.92 Å². The molecule has 1 N–H and O–H groups in total. The number of hydrogen-bond donors (Lipinski definition) is 1. The molecule has 0 radical (unpaired) electrons. The van der Waals surface area contributed by atoms with Crippen LogP contribution in [-0.4, -0.2) is 30.4 Å². The Morgan fingerprint density at radius 3 is 2.46 bits per heavy atom. The third-order valence-corrected chi connectivity index (χ3v) is 4.87. The molecule has 0 aliphatic carbocycles. The number of esters is 1. The number of aryl methyl sites for hydroxylation is 2. The maximum absolute atomic E-state index is 12.5. The molecule has 2 aromatic carbocycles. The minimum absolute atomic E-state index is 0.0822. The zero-order valence-corrected chi connectivity index (χ0v) is 16.3. The Bertz CT molecular complexity index is 892. The third-order valence-electron chi connectivity index (χ3n) is 4.87. The molecule has 28 heavy (non-hydrogen) atoms. The monoisotopic (exact) mass is 380 g/mol. The average molecular weight is 380 g/mol. The van der Waals surface area contributed by atoms with Gasteiger partial charge in [0, 0.05) is 24.3 Å². The maximum Gasteiger partial charge on any atom is 0.312 e. The molecule has 6 nitrogen and oxygen atoms in total. The predicted molar refractivity (Wildman–Crippen MR) is 107 cm³/mol. The minimum atomic E-state index is -0.948. The average Bonchev–Trinajstić information content (AvgIpc) is 3.06. The number of hydrogen-bond acceptors (Lipinski definition) is 4. The van der Waals surface area contributed by atoms with Crippen molar-refractivity contribution in [2.24, 2.45) is 5.92 Å². The second-order valence-corrected chi connectivity index (χ2v) is 7.12. The molecule has 1 fully saturated rings. The zero-order valence-electron chi connectivity index (χ0n) is 16.3. The van der Waals surface area contributed by atoms with Crippen molar-refractivity contribution in [2.75, 3.05) is 16.8 Å². The van der Waals surface area contributed by atoms with E-state index in [1.807, 2.05) is 56.3 Å². The first-order valence-electron chi connectivity index (χ1n) is 9.29. The molecule has 1 saturated heterocycles. The van der Waals surface area contributed by atoms with Crippen LogP contribution in [0.4, 0.5) is 11.4 Å². The quantitative estimate of drug-likeness (QED) is 0.808. The van der Waals surface area contributed by atoms with Crippen molar-refractivity contribution in [3.8, 4) is 0 Å². The van der Waals surface area contributed by atoms with Gasteiger partial charge in [0.2, 0.25) is 5.91 Å². The predicted octanol–water partition coefficient (Wildman–Crippen LogP) is 3.23. The Morgan fingerprint density at radius 2 is 1.79 bits per heavy atom. The van der Waals surface area contributed by atoms with Crippen LogP contribution in [0.3, 0.4) is 0 Å². The third kappa shape index (κ3) is 4.39. The molecule has 3 rings (SSSR count). The number of para-hydroxylation sites is 1. The molecule has 2 unspecified atom stereocenters. The molecule has 1 aliphatic heterocycles. The van der Waals surface area contributed by atoms with Crippen LogP contribution in [0.15, 0.2) is 48.5 Å². The first-order valence-corrected chi connectivity index (χ1v) is 9.29. The number of ether oxygens (including phenoxy) is 1. The topological polar surface area (TPSA) is 75.7 Å². The maximum atomic E-state index is 12.5. The van der Waals surface area contributed by atoms with E-state index in [1.54, 1.807) is 11.0 Å². The van der Waals surface area contributed by atoms with Crippen LogP contribution in [0, 0.1) is 19.8 Å². The van der Waals surface area contributed by atoms with Crippen molar-refractivity contribution in [3.05, 3.63) is 59.7 Å². The highest BCUT2D eigenvalue weighted by atomic mass is 16.5. The summed E-state index contributed by atoms with van der Waals surface area (Å²) in [5.74, 6) is -1.64. The van der Waals surface area contributed by atoms with Crippen LogP contribution in [0.25, 0.3) is 0 Å². The molecule has 0 bridgehead atoms. The second-order valence-electron chi connectivity index (χ2n) is 7.12. The fraction of sp³-hybridized carbons (Fsp3) is 0.318. The number of rotatable bonds is 5. The first-order chi connectivity index (χ1) is 13.3. The van der Waals surface area contributed by atoms with Crippen molar-refractivity contribution in [1.29, 1.82) is 0 Å². The molecule has 1 heterocycles. The number of carbonyl (C=O) groups is 3. The molecule has 6 heteroatoms. The minimum Gasteiger partial charge on any atom is -0.452 e. The molecule has 2 aromatic rings. The summed E-state index contributed by atoms with van der Waals surface area (Å²) in [6, 6.07) is 14.9. The molecular weight excluding hydrogens is 356 g/mol. The number of nitrogens with zero attached hydrogens (tertiary/aromatic N) is 1. The van der Waals surface area contributed by atoms with Crippen molar-refractivity contribution in [1.82, 2.24) is 0 Å². The van der Waals surface area contributed by atoms with Gasteiger partial charge in [-0.25, -0.2) is 0 Å². The van der Waals surface area contributed by atoms with Crippen LogP contribution in [0.2, 0.25) is 0 Å². The standard InChI is InChI=1S/C22H24N2O4/c1-14-8-10-18(11-9-14)24-13-17(12-20(24)25)22(27)28-16(3)21(26)23-19-7-5-4-6-15(19)2/h4-11,16-17H,12-13H2,1-3H3,(H,23,26). The van der Waals surface area contributed by atoms with Gasteiger partial charge in [0.05, 0.1) is 5.92 Å². The highest BCUT2D eigenvalue weighted by Gasteiger charge is 2.37. The van der Waals surface area contributed by atoms with Gasteiger partial charge in [-0.15, -0.1) is 0 Å². The van der Waals surface area contributed by atoms with E-state index in [0.29, 0.717) is 5.69 Å². The highest BCUT2D eigenvalue weighted by Crippen LogP contribution is 2.26. The largest absolute Gasteiger partial charge is 0.452 e. The highest BCUT2D eigenvalue weighted by molar-refractivity contribution is 6.00. The summed E-state index contributed by atoms with van der Waals surface area (Å²) in [7, 11) is 0. The lowest BCUT2D eigenvalue weighted by molar-refractivity contribution is -0.157. The Balaban J connectivity index is 1.58.